The van der Waals surface area contributed by atoms with Crippen LogP contribution >= 0.6 is 25.5 Å². The van der Waals surface area contributed by atoms with Gasteiger partial charge in [-0.15, -0.1) is 12.8 Å². The van der Waals surface area contributed by atoms with E-state index in [1.165, 1.54) is 46.4 Å². The Morgan fingerprint density at radius 3 is 0.971 bits per heavy atom. The van der Waals surface area contributed by atoms with Gasteiger partial charge in [-0.2, -0.15) is 0 Å². The Morgan fingerprint density at radius 2 is 0.743 bits per heavy atom. The van der Waals surface area contributed by atoms with Crippen molar-refractivity contribution >= 4 is 53.5 Å². The predicted molar refractivity (Wildman–Crippen MR) is 158 cm³/mol. The number of rotatable bonds is 10. The summed E-state index contributed by atoms with van der Waals surface area (Å²) >= 11 is 1.62. The van der Waals surface area contributed by atoms with Crippen LogP contribution in [0.25, 0.3) is 0 Å². The van der Waals surface area contributed by atoms with Gasteiger partial charge in [-0.05, 0) is 48.5 Å². The number of hydrogen-bond acceptors (Lipinski definition) is 1. The molecule has 0 heterocycles. The first-order chi connectivity index (χ1) is 17.4. The summed E-state index contributed by atoms with van der Waals surface area (Å²) in [7, 11) is 3.16. The number of halogens is 1. The van der Waals surface area contributed by atoms with Gasteiger partial charge in [0.25, 0.3) is 0 Å². The first-order valence-electron chi connectivity index (χ1n) is 11.5. The Balaban J connectivity index is 0.00000103. The third-order valence-electron chi connectivity index (χ3n) is 5.69. The molecule has 0 unspecified atom stereocenters. The maximum atomic E-state index is 7.75. The van der Waals surface area contributed by atoms with E-state index in [0.29, 0.717) is 0 Å². The Hall–Kier alpha value is -1.68. The van der Waals surface area contributed by atoms with Gasteiger partial charge < -0.3 is 11.2 Å². The zero-order chi connectivity index (χ0) is 25.1. The second kappa shape index (κ2) is 18.6. The van der Waals surface area contributed by atoms with Crippen molar-refractivity contribution < 1.29 is 22.1 Å². The monoisotopic (exact) mass is 608 g/mol. The molecule has 0 atom stereocenters. The van der Waals surface area contributed by atoms with E-state index in [1.807, 2.05) is 0 Å². The molecule has 0 aliphatic carbocycles. The molecule has 0 saturated carbocycles. The van der Waals surface area contributed by atoms with E-state index < -0.39 is 15.8 Å². The molecule has 0 amide bonds. The molecule has 0 spiro atoms. The molecule has 0 aliphatic rings. The molecule has 0 bridgehead atoms. The van der Waals surface area contributed by atoms with Gasteiger partial charge in [0, 0.05) is 12.3 Å². The number of hydrogen-bond donors (Lipinski definition) is 0. The minimum Gasteiger partial charge on any atom is -0.322 e. The van der Waals surface area contributed by atoms with E-state index in [9.17, 15) is 0 Å². The maximum absolute atomic E-state index is 7.75. The first kappa shape index (κ1) is 29.6. The quantitative estimate of drug-likeness (QED) is 0.0727. The molecule has 0 N–H and O–H groups in total. The Bertz CT molecular complexity index is 873. The number of benzene rings is 4. The summed E-state index contributed by atoms with van der Waals surface area (Å²) in [5.74, 6) is 0. The molecular weight excluding hydrogens is 575 g/mol. The van der Waals surface area contributed by atoms with Gasteiger partial charge in [0.1, 0.15) is 0 Å². The average Bonchev–Trinajstić information content (AvgIpc) is 2.97. The zero-order valence-corrected chi connectivity index (χ0v) is 24.3. The van der Waals surface area contributed by atoms with Gasteiger partial charge in [0.2, 0.25) is 0 Å². The summed E-state index contributed by atoms with van der Waals surface area (Å²) < 4.78 is 0. The fraction of sp³-hybridized carbons (Fsp3) is 0.133. The molecule has 0 fully saturated rings. The van der Waals surface area contributed by atoms with Crippen molar-refractivity contribution in [2.75, 3.05) is 12.3 Å². The Kier molecular flexibility index (Phi) is 15.7. The molecule has 5 heteroatoms. The van der Waals surface area contributed by atoms with Crippen molar-refractivity contribution in [1.29, 1.82) is 0 Å². The minimum absolute atomic E-state index is 0.727. The molecule has 1 nitrogen and oxygen atoms in total. The van der Waals surface area contributed by atoms with Gasteiger partial charge >= 0.3 is 27.0 Å². The van der Waals surface area contributed by atoms with Crippen molar-refractivity contribution in [3.8, 4) is 0 Å². The molecular formula is C30H33ClOP2Ru+2. The van der Waals surface area contributed by atoms with Crippen molar-refractivity contribution in [2.24, 2.45) is 0 Å². The van der Waals surface area contributed by atoms with Crippen LogP contribution in [-0.4, -0.2) is 19.1 Å². The first-order valence-corrected chi connectivity index (χ1v) is 17.4. The minimum atomic E-state index is -0.727. The topological polar surface area (TPSA) is 17.1 Å². The fourth-order valence-corrected chi connectivity index (χ4v) is 9.29. The van der Waals surface area contributed by atoms with Crippen LogP contribution in [0.1, 0.15) is 12.8 Å². The molecule has 0 aliphatic heterocycles. The van der Waals surface area contributed by atoms with E-state index in [1.54, 1.807) is 17.3 Å². The van der Waals surface area contributed by atoms with Gasteiger partial charge in [0.15, 0.2) is 0 Å². The second-order valence-electron chi connectivity index (χ2n) is 7.79. The Labute approximate surface area is 227 Å². The normalized spacial score (nSPS) is 10.2. The van der Waals surface area contributed by atoms with Crippen LogP contribution < -0.4 is 21.2 Å². The van der Waals surface area contributed by atoms with Crippen LogP contribution in [0.5, 0.6) is 0 Å². The van der Waals surface area contributed by atoms with Crippen molar-refractivity contribution in [3.63, 3.8) is 0 Å². The van der Waals surface area contributed by atoms with Gasteiger partial charge in [0.05, 0.1) is 37.1 Å². The molecule has 4 aromatic rings. The van der Waals surface area contributed by atoms with Crippen molar-refractivity contribution in [3.05, 3.63) is 128 Å². The summed E-state index contributed by atoms with van der Waals surface area (Å²) in [6.45, 7) is 3.25. The molecule has 0 radical (unpaired) electrons. The van der Waals surface area contributed by atoms with Crippen LogP contribution in [0.4, 0.5) is 0 Å². The van der Waals surface area contributed by atoms with E-state index >= 15 is 0 Å². The van der Waals surface area contributed by atoms with Crippen LogP contribution in [0.3, 0.4) is 0 Å². The number of carbonyl (C=O) groups excluding carboxylic acids is 1. The second-order valence-corrected chi connectivity index (χ2v) is 13.0. The molecule has 4 rings (SSSR count). The van der Waals surface area contributed by atoms with E-state index in [0.717, 1.165) is 0 Å². The van der Waals surface area contributed by atoms with Crippen LogP contribution in [0.2, 0.25) is 0 Å². The number of unbranched alkanes of at least 4 members (excludes halogenated alkanes) is 2. The van der Waals surface area contributed by atoms with Crippen LogP contribution in [-0.2, 0) is 22.1 Å². The summed E-state index contributed by atoms with van der Waals surface area (Å²) in [6, 6.07) is 44.4. The third kappa shape index (κ3) is 10.1. The van der Waals surface area contributed by atoms with Crippen molar-refractivity contribution in [1.82, 2.24) is 0 Å². The Morgan fingerprint density at radius 1 is 0.514 bits per heavy atom. The zero-order valence-electron chi connectivity index (χ0n) is 19.7. The fourth-order valence-electron chi connectivity index (χ4n) is 4.11. The summed E-state index contributed by atoms with van der Waals surface area (Å²) in [4.78, 5) is 7.75. The van der Waals surface area contributed by atoms with Crippen molar-refractivity contribution in [2.45, 2.75) is 12.8 Å². The van der Waals surface area contributed by atoms with Crippen LogP contribution in [0, 0.1) is 6.42 Å². The largest absolute Gasteiger partial charge is 0.322 e. The van der Waals surface area contributed by atoms with E-state index in [4.69, 9.17) is 4.79 Å². The van der Waals surface area contributed by atoms with Gasteiger partial charge in [-0.3, -0.25) is 6.79 Å². The molecule has 0 aromatic heterocycles. The van der Waals surface area contributed by atoms with E-state index in [2.05, 4.69) is 144 Å². The molecule has 4 aromatic carbocycles. The molecule has 35 heavy (non-hydrogen) atoms. The summed E-state index contributed by atoms with van der Waals surface area (Å²) in [5.41, 5.74) is 0. The van der Waals surface area contributed by atoms with E-state index in [-0.39, 0.29) is 0 Å². The van der Waals surface area contributed by atoms with Gasteiger partial charge in [-0.25, -0.2) is 0 Å². The van der Waals surface area contributed by atoms with Crippen LogP contribution in [0.15, 0.2) is 121 Å². The summed E-state index contributed by atoms with van der Waals surface area (Å²) in [6.07, 6.45) is 7.45. The summed E-state index contributed by atoms with van der Waals surface area (Å²) in [5, 5.41) is 6.08. The maximum Gasteiger partial charge on any atom is 0.0965 e. The third-order valence-corrected chi connectivity index (χ3v) is 11.4. The van der Waals surface area contributed by atoms with Gasteiger partial charge in [-0.1, -0.05) is 72.8 Å². The standard InChI is InChI=1S/C29H29P2.CHO.ClH.Ru.H/c1-6-16-26(17-7-1)30(27-18-8-2-9-19-27)24-14-5-15-25-31(28-20-10-3-11-21-28)29-22-12-4-13-23-29;1-2;;;/h1-13,16-23H,14-15,24-25H2;1H;1H;;/q2*-1;;+3;/p+1. The molecule has 182 valence electrons. The SMILES string of the molecule is [CH-]=O.[Cl][RuH+2].c1ccc([PH+](CC[CH-]CC[PH+](c2ccccc2)c2ccccc2)c2ccccc2)cc1. The average molecular weight is 608 g/mol. The smallest absolute Gasteiger partial charge is 0.0965 e. The molecule has 0 saturated heterocycles. The predicted octanol–water partition coefficient (Wildman–Crippen LogP) is 5.85.